The van der Waals surface area contributed by atoms with E-state index in [0.29, 0.717) is 4.83 Å². The fourth-order valence-corrected chi connectivity index (χ4v) is 1.40. The van der Waals surface area contributed by atoms with Crippen LogP contribution in [-0.2, 0) is 0 Å². The first kappa shape index (κ1) is 6.30. The van der Waals surface area contributed by atoms with E-state index < -0.39 is 0 Å². The molecule has 0 bridgehead atoms. The Balaban J connectivity index is 2.77. The third kappa shape index (κ3) is 1.33. The second-order valence-corrected chi connectivity index (χ2v) is 3.56. The molecule has 2 heteroatoms. The summed E-state index contributed by atoms with van der Waals surface area (Å²) in [6, 6.07) is 1.95. The molecule has 0 aliphatic rings. The zero-order valence-corrected chi connectivity index (χ0v) is 6.84. The van der Waals surface area contributed by atoms with Gasteiger partial charge in [-0.25, -0.2) is 0 Å². The summed E-state index contributed by atoms with van der Waals surface area (Å²) in [7, 11) is 0. The predicted octanol–water partition coefficient (Wildman–Crippen LogP) is 2.80. The molecule has 0 aromatic carbocycles. The molecule has 0 saturated heterocycles. The molecule has 0 aliphatic carbocycles. The highest BCUT2D eigenvalue weighted by Gasteiger charge is 1.98. The summed E-state index contributed by atoms with van der Waals surface area (Å²) in [6.45, 7) is 2.08. The van der Waals surface area contributed by atoms with Crippen LogP contribution in [0.1, 0.15) is 17.3 Å². The molecule has 0 N–H and O–H groups in total. The van der Waals surface area contributed by atoms with E-state index in [-0.39, 0.29) is 0 Å². The average molecular weight is 189 g/mol. The highest BCUT2D eigenvalue weighted by molar-refractivity contribution is 9.09. The van der Waals surface area contributed by atoms with Gasteiger partial charge < -0.3 is 0 Å². The molecule has 1 atom stereocenters. The Morgan fingerprint density at radius 3 is 2.88 bits per heavy atom. The van der Waals surface area contributed by atoms with Crippen LogP contribution in [0.5, 0.6) is 0 Å². The average Bonchev–Trinajstić information content (AvgIpc) is 2.12. The molecule has 0 amide bonds. The molecule has 42 valence electrons. The van der Waals surface area contributed by atoms with Crippen LogP contribution >= 0.6 is 27.3 Å². The second kappa shape index (κ2) is 2.65. The third-order valence-corrected chi connectivity index (χ3v) is 1.94. The lowest BCUT2D eigenvalue weighted by Crippen LogP contribution is -1.74. The Kier molecular flexibility index (Phi) is 2.08. The maximum atomic E-state index is 3.42. The zero-order chi connectivity index (χ0) is 5.98. The highest BCUT2D eigenvalue weighted by atomic mass is 79.9. The maximum absolute atomic E-state index is 3.42. The van der Waals surface area contributed by atoms with Crippen LogP contribution in [0, 0.1) is 10.8 Å². The zero-order valence-electron chi connectivity index (χ0n) is 4.44. The summed E-state index contributed by atoms with van der Waals surface area (Å²) in [5.74, 6) is 0. The Morgan fingerprint density at radius 1 is 1.88 bits per heavy atom. The van der Waals surface area contributed by atoms with Crippen LogP contribution in [0.15, 0.2) is 6.07 Å². The van der Waals surface area contributed by atoms with Crippen LogP contribution in [0.3, 0.4) is 0 Å². The number of rotatable bonds is 1. The molecule has 1 heterocycles. The molecular formula is C6H5BrS. The van der Waals surface area contributed by atoms with E-state index in [1.54, 1.807) is 0 Å². The fraction of sp³-hybridized carbons (Fsp3) is 0.333. The number of thiophene rings is 1. The first-order valence-corrected chi connectivity index (χ1v) is 4.05. The molecule has 8 heavy (non-hydrogen) atoms. The molecule has 1 aromatic rings. The van der Waals surface area contributed by atoms with Gasteiger partial charge in [0.05, 0.1) is 0 Å². The molecule has 1 unspecified atom stereocenters. The van der Waals surface area contributed by atoms with Crippen molar-refractivity contribution in [1.82, 2.24) is 0 Å². The van der Waals surface area contributed by atoms with Crippen molar-refractivity contribution in [2.24, 2.45) is 0 Å². The lowest BCUT2D eigenvalue weighted by atomic mass is 10.3. The van der Waals surface area contributed by atoms with Gasteiger partial charge in [-0.15, -0.1) is 11.3 Å². The second-order valence-electron chi connectivity index (χ2n) is 1.54. The summed E-state index contributed by atoms with van der Waals surface area (Å²) in [5, 5.41) is 6.04. The lowest BCUT2D eigenvalue weighted by Gasteiger charge is -1.93. The summed E-state index contributed by atoms with van der Waals surface area (Å²) >= 11 is 4.90. The van der Waals surface area contributed by atoms with Crippen LogP contribution < -0.4 is 0 Å². The van der Waals surface area contributed by atoms with Crippen LogP contribution in [0.4, 0.5) is 0 Å². The first-order chi connectivity index (χ1) is 3.80. The molecule has 0 saturated carbocycles. The minimum absolute atomic E-state index is 0.421. The molecule has 0 nitrogen and oxygen atoms in total. The maximum Gasteiger partial charge on any atom is 0.0496 e. The number of alkyl halides is 1. The van der Waals surface area contributed by atoms with Gasteiger partial charge in [0.2, 0.25) is 0 Å². The van der Waals surface area contributed by atoms with E-state index in [0.717, 1.165) is 0 Å². The van der Waals surface area contributed by atoms with Crippen LogP contribution in [0.2, 0.25) is 0 Å². The Bertz CT molecular complexity index is 144. The highest BCUT2D eigenvalue weighted by Crippen LogP contribution is 2.21. The van der Waals surface area contributed by atoms with Crippen molar-refractivity contribution in [3.8, 4) is 0 Å². The minimum Gasteiger partial charge on any atom is -0.133 e. The smallest absolute Gasteiger partial charge is 0.0496 e. The summed E-state index contributed by atoms with van der Waals surface area (Å²) in [5.41, 5.74) is 1.19. The Labute approximate surface area is 61.7 Å². The van der Waals surface area contributed by atoms with Crippen LogP contribution in [-0.4, -0.2) is 0 Å². The molecule has 2 radical (unpaired) electrons. The number of hydrogen-bond acceptors (Lipinski definition) is 1. The van der Waals surface area contributed by atoms with Gasteiger partial charge in [-0.3, -0.25) is 0 Å². The predicted molar refractivity (Wildman–Crippen MR) is 39.3 cm³/mol. The van der Waals surface area contributed by atoms with Gasteiger partial charge >= 0.3 is 0 Å². The van der Waals surface area contributed by atoms with Gasteiger partial charge in [-0.05, 0) is 18.6 Å². The normalized spacial score (nSPS) is 13.8. The molecular weight excluding hydrogens is 184 g/mol. The van der Waals surface area contributed by atoms with Crippen molar-refractivity contribution in [2.75, 3.05) is 0 Å². The van der Waals surface area contributed by atoms with Crippen molar-refractivity contribution in [1.29, 1.82) is 0 Å². The van der Waals surface area contributed by atoms with E-state index in [1.807, 2.05) is 6.07 Å². The van der Waals surface area contributed by atoms with Crippen molar-refractivity contribution >= 4 is 27.3 Å². The summed E-state index contributed by atoms with van der Waals surface area (Å²) in [4.78, 5) is 0.421. The fourth-order valence-electron chi connectivity index (χ4n) is 0.407. The van der Waals surface area contributed by atoms with E-state index in [4.69, 9.17) is 0 Å². The quantitative estimate of drug-likeness (QED) is 0.596. The largest absolute Gasteiger partial charge is 0.133 e. The van der Waals surface area contributed by atoms with E-state index >= 15 is 0 Å². The van der Waals surface area contributed by atoms with Crippen molar-refractivity contribution in [3.05, 3.63) is 22.4 Å². The third-order valence-electron chi connectivity index (χ3n) is 0.871. The lowest BCUT2D eigenvalue weighted by molar-refractivity contribution is 1.14. The molecule has 1 aromatic heterocycles. The number of hydrogen-bond donors (Lipinski definition) is 0. The van der Waals surface area contributed by atoms with Crippen molar-refractivity contribution in [3.63, 3.8) is 0 Å². The standard InChI is InChI=1S/C6H5BrS/c1-5(7)6-2-3-8-4-6/h2,5H,1H3. The Morgan fingerprint density at radius 2 is 2.62 bits per heavy atom. The minimum atomic E-state index is 0.421. The summed E-state index contributed by atoms with van der Waals surface area (Å²) in [6.07, 6.45) is 0. The van der Waals surface area contributed by atoms with Gasteiger partial charge in [0.25, 0.3) is 0 Å². The van der Waals surface area contributed by atoms with Crippen molar-refractivity contribution in [2.45, 2.75) is 11.8 Å². The van der Waals surface area contributed by atoms with Gasteiger partial charge in [-0.1, -0.05) is 15.9 Å². The van der Waals surface area contributed by atoms with Gasteiger partial charge in [0.15, 0.2) is 0 Å². The monoisotopic (exact) mass is 188 g/mol. The topological polar surface area (TPSA) is 0 Å². The SMILES string of the molecule is CC(Br)c1[c]s[c]c1. The molecule has 0 aliphatic heterocycles. The van der Waals surface area contributed by atoms with Gasteiger partial charge in [0, 0.05) is 15.6 Å². The van der Waals surface area contributed by atoms with Crippen molar-refractivity contribution < 1.29 is 0 Å². The Hall–Kier alpha value is 0.180. The molecule has 0 spiro atoms. The van der Waals surface area contributed by atoms with E-state index in [9.17, 15) is 0 Å². The summed E-state index contributed by atoms with van der Waals surface area (Å²) < 4.78 is 0. The molecule has 0 fully saturated rings. The molecule has 1 rings (SSSR count). The first-order valence-electron chi connectivity index (χ1n) is 2.32. The van der Waals surface area contributed by atoms with Gasteiger partial charge in [0.1, 0.15) is 0 Å². The van der Waals surface area contributed by atoms with E-state index in [2.05, 4.69) is 33.6 Å². The number of halogens is 1. The van der Waals surface area contributed by atoms with Gasteiger partial charge in [-0.2, -0.15) is 0 Å². The van der Waals surface area contributed by atoms with Crippen LogP contribution in [0.25, 0.3) is 0 Å². The van der Waals surface area contributed by atoms with E-state index in [1.165, 1.54) is 16.9 Å².